The molecule has 42 heavy (non-hydrogen) atoms. The fourth-order valence-electron chi connectivity index (χ4n) is 7.21. The lowest BCUT2D eigenvalue weighted by molar-refractivity contribution is 1.00. The average Bonchev–Trinajstić information content (AvgIpc) is 3.68. The largest absolute Gasteiger partial charge is 0.307 e. The SMILES string of the molecule is N#Cc1nc(-n2c3ccccc3c3cc4c5ccccc5n5c6c7ccccc7ccc6c(c32)c45)nc2ccccc12. The van der Waals surface area contributed by atoms with Crippen LogP contribution in [0.25, 0.3) is 87.5 Å². The number of aromatic nitrogens is 4. The first-order valence-electron chi connectivity index (χ1n) is 14.0. The highest BCUT2D eigenvalue weighted by molar-refractivity contribution is 6.36. The number of benzene rings is 6. The maximum absolute atomic E-state index is 10.1. The van der Waals surface area contributed by atoms with E-state index in [9.17, 15) is 5.26 Å². The number of hydrogen-bond donors (Lipinski definition) is 0. The van der Waals surface area contributed by atoms with E-state index in [0.29, 0.717) is 11.6 Å². The Morgan fingerprint density at radius 3 is 2.02 bits per heavy atom. The van der Waals surface area contributed by atoms with Crippen LogP contribution in [0.5, 0.6) is 0 Å². The van der Waals surface area contributed by atoms with E-state index >= 15 is 0 Å². The molecule has 5 heteroatoms. The summed E-state index contributed by atoms with van der Waals surface area (Å²) in [7, 11) is 0. The Balaban J connectivity index is 1.53. The van der Waals surface area contributed by atoms with Gasteiger partial charge in [0.25, 0.3) is 0 Å². The zero-order valence-corrected chi connectivity index (χ0v) is 22.2. The zero-order valence-electron chi connectivity index (χ0n) is 22.2. The molecule has 0 N–H and O–H groups in total. The van der Waals surface area contributed by atoms with Gasteiger partial charge in [-0.2, -0.15) is 5.26 Å². The maximum Gasteiger partial charge on any atom is 0.236 e. The Kier molecular flexibility index (Phi) is 3.94. The minimum atomic E-state index is 0.375. The molecule has 0 aliphatic carbocycles. The smallest absolute Gasteiger partial charge is 0.236 e. The monoisotopic (exact) mass is 533 g/mol. The molecule has 0 bridgehead atoms. The van der Waals surface area contributed by atoms with Gasteiger partial charge in [0.1, 0.15) is 6.07 Å². The van der Waals surface area contributed by atoms with Crippen molar-refractivity contribution in [2.75, 3.05) is 0 Å². The van der Waals surface area contributed by atoms with Crippen molar-refractivity contribution in [2.45, 2.75) is 0 Å². The molecule has 4 aromatic heterocycles. The summed E-state index contributed by atoms with van der Waals surface area (Å²) in [6, 6.07) is 42.6. The van der Waals surface area contributed by atoms with Gasteiger partial charge in [-0.1, -0.05) is 84.9 Å². The van der Waals surface area contributed by atoms with Gasteiger partial charge in [-0.15, -0.1) is 0 Å². The summed E-state index contributed by atoms with van der Waals surface area (Å²) in [5.41, 5.74) is 6.79. The van der Waals surface area contributed by atoms with Crippen LogP contribution in [0.1, 0.15) is 5.69 Å². The van der Waals surface area contributed by atoms with Crippen molar-refractivity contribution < 1.29 is 0 Å². The first kappa shape index (κ1) is 21.8. The maximum atomic E-state index is 10.1. The van der Waals surface area contributed by atoms with Crippen LogP contribution in [0.4, 0.5) is 0 Å². The summed E-state index contributed by atoms with van der Waals surface area (Å²) in [5, 5.41) is 20.4. The summed E-state index contributed by atoms with van der Waals surface area (Å²) < 4.78 is 4.61. The van der Waals surface area contributed by atoms with E-state index in [1.54, 1.807) is 0 Å². The Hall–Kier alpha value is -5.99. The lowest BCUT2D eigenvalue weighted by Gasteiger charge is -2.09. The molecule has 0 aliphatic heterocycles. The third-order valence-corrected chi connectivity index (χ3v) is 8.88. The number of fused-ring (bicyclic) bond motifs is 13. The summed E-state index contributed by atoms with van der Waals surface area (Å²) in [6.45, 7) is 0. The highest BCUT2D eigenvalue weighted by atomic mass is 15.2. The van der Waals surface area contributed by atoms with Crippen LogP contribution in [0, 0.1) is 11.3 Å². The number of nitriles is 1. The first-order chi connectivity index (χ1) is 20.8. The Morgan fingerprint density at radius 1 is 0.524 bits per heavy atom. The topological polar surface area (TPSA) is 58.9 Å². The van der Waals surface area contributed by atoms with Crippen molar-refractivity contribution in [3.63, 3.8) is 0 Å². The summed E-state index contributed by atoms with van der Waals surface area (Å²) in [6.07, 6.45) is 0. The standard InChI is InChI=1S/C37H19N5/c38-20-30-25-13-3-6-14-29(25)39-37(40-30)42-32-16-8-5-12-24(32)28-19-27-23-11-4-7-15-31(23)41-34-22-10-2-1-9-21(22)17-18-26(34)33(35(27)41)36(28)42/h1-19H. The van der Waals surface area contributed by atoms with E-state index in [4.69, 9.17) is 9.97 Å². The van der Waals surface area contributed by atoms with E-state index in [1.807, 2.05) is 24.3 Å². The van der Waals surface area contributed by atoms with Gasteiger partial charge in [-0.05, 0) is 35.7 Å². The number of nitrogens with zero attached hydrogens (tertiary/aromatic N) is 5. The van der Waals surface area contributed by atoms with Crippen molar-refractivity contribution in [1.82, 2.24) is 18.9 Å². The van der Waals surface area contributed by atoms with E-state index in [-0.39, 0.29) is 0 Å². The Morgan fingerprint density at radius 2 is 1.19 bits per heavy atom. The molecule has 0 aliphatic rings. The highest BCUT2D eigenvalue weighted by Crippen LogP contribution is 2.47. The molecule has 10 rings (SSSR count). The van der Waals surface area contributed by atoms with Crippen molar-refractivity contribution >= 4 is 81.6 Å². The summed E-state index contributed by atoms with van der Waals surface area (Å²) >= 11 is 0. The van der Waals surface area contributed by atoms with Crippen LogP contribution in [0.3, 0.4) is 0 Å². The van der Waals surface area contributed by atoms with Gasteiger partial charge in [-0.3, -0.25) is 4.57 Å². The lowest BCUT2D eigenvalue weighted by Crippen LogP contribution is -2.03. The third kappa shape index (κ3) is 2.53. The Labute approximate surface area is 238 Å². The molecule has 0 fully saturated rings. The first-order valence-corrected chi connectivity index (χ1v) is 14.0. The minimum Gasteiger partial charge on any atom is -0.307 e. The lowest BCUT2D eigenvalue weighted by atomic mass is 10.0. The van der Waals surface area contributed by atoms with E-state index < -0.39 is 0 Å². The van der Waals surface area contributed by atoms with Gasteiger partial charge in [-0.25, -0.2) is 9.97 Å². The molecule has 6 aromatic carbocycles. The van der Waals surface area contributed by atoms with Crippen molar-refractivity contribution in [3.05, 3.63) is 121 Å². The van der Waals surface area contributed by atoms with E-state index in [1.165, 1.54) is 48.9 Å². The number of rotatable bonds is 1. The van der Waals surface area contributed by atoms with Gasteiger partial charge in [0.15, 0.2) is 5.69 Å². The molecule has 0 radical (unpaired) electrons. The second-order valence-corrected chi connectivity index (χ2v) is 10.9. The molecule has 4 heterocycles. The normalized spacial score (nSPS) is 12.3. The molecule has 0 saturated carbocycles. The molecule has 5 nitrogen and oxygen atoms in total. The molecule has 0 amide bonds. The third-order valence-electron chi connectivity index (χ3n) is 8.88. The summed E-state index contributed by atoms with van der Waals surface area (Å²) in [4.78, 5) is 9.91. The number of para-hydroxylation sites is 3. The predicted molar refractivity (Wildman–Crippen MR) is 171 cm³/mol. The fraction of sp³-hybridized carbons (Fsp3) is 0. The zero-order chi connectivity index (χ0) is 27.5. The van der Waals surface area contributed by atoms with Crippen LogP contribution < -0.4 is 0 Å². The quantitative estimate of drug-likeness (QED) is 0.212. The summed E-state index contributed by atoms with van der Waals surface area (Å²) in [5.74, 6) is 0.504. The molecule has 0 unspecified atom stereocenters. The van der Waals surface area contributed by atoms with Crippen molar-refractivity contribution in [2.24, 2.45) is 0 Å². The number of hydrogen-bond acceptors (Lipinski definition) is 3. The van der Waals surface area contributed by atoms with Crippen LogP contribution >= 0.6 is 0 Å². The highest BCUT2D eigenvalue weighted by Gasteiger charge is 2.26. The van der Waals surface area contributed by atoms with Crippen LogP contribution in [0.2, 0.25) is 0 Å². The second kappa shape index (κ2) is 7.60. The Bertz CT molecular complexity index is 2810. The molecular weight excluding hydrogens is 514 g/mol. The van der Waals surface area contributed by atoms with Gasteiger partial charge in [0.2, 0.25) is 5.95 Å². The fourth-order valence-corrected chi connectivity index (χ4v) is 7.21. The van der Waals surface area contributed by atoms with E-state index in [0.717, 1.165) is 32.7 Å². The van der Waals surface area contributed by atoms with Crippen LogP contribution in [-0.4, -0.2) is 18.9 Å². The van der Waals surface area contributed by atoms with Crippen molar-refractivity contribution in [3.8, 4) is 12.0 Å². The average molecular weight is 534 g/mol. The van der Waals surface area contributed by atoms with Gasteiger partial charge in [0, 0.05) is 43.1 Å². The molecule has 10 aromatic rings. The predicted octanol–water partition coefficient (Wildman–Crippen LogP) is 8.90. The molecule has 192 valence electrons. The van der Waals surface area contributed by atoms with E-state index in [2.05, 4.69) is 106 Å². The molecule has 0 saturated heterocycles. The van der Waals surface area contributed by atoms with Gasteiger partial charge >= 0.3 is 0 Å². The molecular formula is C37H19N5. The molecule has 0 spiro atoms. The van der Waals surface area contributed by atoms with Crippen LogP contribution in [-0.2, 0) is 0 Å². The minimum absolute atomic E-state index is 0.375. The molecule has 0 atom stereocenters. The second-order valence-electron chi connectivity index (χ2n) is 10.9. The van der Waals surface area contributed by atoms with Gasteiger partial charge < -0.3 is 4.40 Å². The van der Waals surface area contributed by atoms with Crippen molar-refractivity contribution in [1.29, 1.82) is 5.26 Å². The van der Waals surface area contributed by atoms with Crippen LogP contribution in [0.15, 0.2) is 115 Å². The van der Waals surface area contributed by atoms with Gasteiger partial charge in [0.05, 0.1) is 33.1 Å².